The number of carbonyl (C=O) groups excluding carboxylic acids is 1. The first-order chi connectivity index (χ1) is 9.20. The molecule has 0 aliphatic carbocycles. The highest BCUT2D eigenvalue weighted by atomic mass is 35.5. The zero-order valence-electron chi connectivity index (χ0n) is 10.4. The Hall–Kier alpha value is -2.01. The SMILES string of the molecule is CCOc1ncccc1CNC(=O)c1ccc(Cl)o1. The van der Waals surface area contributed by atoms with Gasteiger partial charge >= 0.3 is 0 Å². The highest BCUT2D eigenvalue weighted by Gasteiger charge is 2.11. The van der Waals surface area contributed by atoms with Gasteiger partial charge in [0, 0.05) is 18.3 Å². The molecule has 2 aromatic heterocycles. The van der Waals surface area contributed by atoms with Gasteiger partial charge in [0.25, 0.3) is 5.91 Å². The minimum Gasteiger partial charge on any atom is -0.478 e. The van der Waals surface area contributed by atoms with Crippen LogP contribution in [0.25, 0.3) is 0 Å². The number of amides is 1. The molecule has 0 aromatic carbocycles. The van der Waals surface area contributed by atoms with Gasteiger partial charge in [0.15, 0.2) is 11.0 Å². The van der Waals surface area contributed by atoms with E-state index in [2.05, 4.69) is 10.3 Å². The molecule has 2 aromatic rings. The number of aromatic nitrogens is 1. The van der Waals surface area contributed by atoms with Crippen LogP contribution in [0.3, 0.4) is 0 Å². The van der Waals surface area contributed by atoms with E-state index in [1.165, 1.54) is 12.1 Å². The van der Waals surface area contributed by atoms with Crippen LogP contribution >= 0.6 is 11.6 Å². The van der Waals surface area contributed by atoms with Crippen molar-refractivity contribution < 1.29 is 13.9 Å². The van der Waals surface area contributed by atoms with Crippen molar-refractivity contribution in [3.05, 3.63) is 47.0 Å². The highest BCUT2D eigenvalue weighted by molar-refractivity contribution is 6.29. The van der Waals surface area contributed by atoms with E-state index in [4.69, 9.17) is 20.8 Å². The Labute approximate surface area is 115 Å². The van der Waals surface area contributed by atoms with Gasteiger partial charge in [-0.05, 0) is 36.7 Å². The Kier molecular flexibility index (Phi) is 4.41. The molecule has 5 nitrogen and oxygen atoms in total. The zero-order chi connectivity index (χ0) is 13.7. The lowest BCUT2D eigenvalue weighted by Crippen LogP contribution is -2.22. The minimum absolute atomic E-state index is 0.173. The van der Waals surface area contributed by atoms with Gasteiger partial charge < -0.3 is 14.5 Å². The average Bonchev–Trinajstić information content (AvgIpc) is 2.84. The van der Waals surface area contributed by atoms with Crippen LogP contribution in [0.15, 0.2) is 34.9 Å². The van der Waals surface area contributed by atoms with Gasteiger partial charge in [0.2, 0.25) is 5.88 Å². The first-order valence-electron chi connectivity index (χ1n) is 5.81. The summed E-state index contributed by atoms with van der Waals surface area (Å²) in [6.07, 6.45) is 1.64. The summed E-state index contributed by atoms with van der Waals surface area (Å²) in [5, 5.41) is 2.90. The van der Waals surface area contributed by atoms with E-state index in [1.54, 1.807) is 12.3 Å². The lowest BCUT2D eigenvalue weighted by molar-refractivity contribution is 0.0923. The summed E-state index contributed by atoms with van der Waals surface area (Å²) in [5.41, 5.74) is 0.801. The van der Waals surface area contributed by atoms with Crippen LogP contribution in [-0.2, 0) is 6.54 Å². The lowest BCUT2D eigenvalue weighted by Gasteiger charge is -2.08. The van der Waals surface area contributed by atoms with E-state index in [-0.39, 0.29) is 16.9 Å². The third-order valence-electron chi connectivity index (χ3n) is 2.37. The van der Waals surface area contributed by atoms with Crippen molar-refractivity contribution in [3.63, 3.8) is 0 Å². The Morgan fingerprint density at radius 3 is 3.00 bits per heavy atom. The van der Waals surface area contributed by atoms with Crippen LogP contribution in [0.5, 0.6) is 5.88 Å². The molecule has 0 fully saturated rings. The van der Waals surface area contributed by atoms with Gasteiger partial charge in [-0.15, -0.1) is 0 Å². The Morgan fingerprint density at radius 1 is 1.47 bits per heavy atom. The summed E-state index contributed by atoms with van der Waals surface area (Å²) < 4.78 is 10.4. The average molecular weight is 281 g/mol. The maximum absolute atomic E-state index is 11.8. The number of carbonyl (C=O) groups is 1. The fraction of sp³-hybridized carbons (Fsp3) is 0.231. The van der Waals surface area contributed by atoms with Gasteiger partial charge in [0.05, 0.1) is 6.61 Å². The van der Waals surface area contributed by atoms with Crippen LogP contribution in [-0.4, -0.2) is 17.5 Å². The van der Waals surface area contributed by atoms with Crippen molar-refractivity contribution in [2.75, 3.05) is 6.61 Å². The molecule has 0 aliphatic heterocycles. The van der Waals surface area contributed by atoms with E-state index in [0.29, 0.717) is 19.0 Å². The molecule has 2 rings (SSSR count). The minimum atomic E-state index is -0.335. The molecule has 0 spiro atoms. The first-order valence-corrected chi connectivity index (χ1v) is 6.18. The van der Waals surface area contributed by atoms with E-state index in [9.17, 15) is 4.79 Å². The van der Waals surface area contributed by atoms with E-state index >= 15 is 0 Å². The topological polar surface area (TPSA) is 64.4 Å². The maximum Gasteiger partial charge on any atom is 0.287 e. The summed E-state index contributed by atoms with van der Waals surface area (Å²) in [6, 6.07) is 6.66. The molecule has 1 N–H and O–H groups in total. The molecule has 6 heteroatoms. The van der Waals surface area contributed by atoms with Gasteiger partial charge in [-0.2, -0.15) is 0 Å². The number of furan rings is 1. The Bertz CT molecular complexity index is 569. The number of ether oxygens (including phenoxy) is 1. The molecule has 0 unspecified atom stereocenters. The number of rotatable bonds is 5. The maximum atomic E-state index is 11.8. The molecular formula is C13H13ClN2O3. The monoisotopic (exact) mass is 280 g/mol. The summed E-state index contributed by atoms with van der Waals surface area (Å²) in [6.45, 7) is 2.70. The number of halogens is 1. The van der Waals surface area contributed by atoms with Gasteiger partial charge in [-0.1, -0.05) is 6.07 Å². The van der Waals surface area contributed by atoms with Gasteiger partial charge in [0.1, 0.15) is 0 Å². The number of hydrogen-bond acceptors (Lipinski definition) is 4. The first kappa shape index (κ1) is 13.4. The van der Waals surface area contributed by atoms with Gasteiger partial charge in [-0.25, -0.2) is 4.98 Å². The molecular weight excluding hydrogens is 268 g/mol. The normalized spacial score (nSPS) is 10.2. The number of nitrogens with one attached hydrogen (secondary N) is 1. The summed E-state index contributed by atoms with van der Waals surface area (Å²) in [5.74, 6) is 0.354. The van der Waals surface area contributed by atoms with Crippen LogP contribution < -0.4 is 10.1 Å². The highest BCUT2D eigenvalue weighted by Crippen LogP contribution is 2.15. The third-order valence-corrected chi connectivity index (χ3v) is 2.57. The van der Waals surface area contributed by atoms with E-state index in [1.807, 2.05) is 13.0 Å². The number of nitrogens with zero attached hydrogens (tertiary/aromatic N) is 1. The summed E-state index contributed by atoms with van der Waals surface area (Å²) in [7, 11) is 0. The largest absolute Gasteiger partial charge is 0.478 e. The molecule has 1 amide bonds. The molecule has 100 valence electrons. The lowest BCUT2D eigenvalue weighted by atomic mass is 10.2. The molecule has 2 heterocycles. The van der Waals surface area contributed by atoms with Crippen molar-refractivity contribution >= 4 is 17.5 Å². The standard InChI is InChI=1S/C13H13ClN2O3/c1-2-18-13-9(4-3-7-15-13)8-16-12(17)10-5-6-11(14)19-10/h3-7H,2,8H2,1H3,(H,16,17). The third kappa shape index (κ3) is 3.48. The fourth-order valence-corrected chi connectivity index (χ4v) is 1.67. The Balaban J connectivity index is 2.00. The second kappa shape index (κ2) is 6.24. The molecule has 0 aliphatic rings. The molecule has 0 saturated heterocycles. The van der Waals surface area contributed by atoms with E-state index < -0.39 is 0 Å². The van der Waals surface area contributed by atoms with Crippen molar-refractivity contribution in [2.45, 2.75) is 13.5 Å². The predicted molar refractivity (Wildman–Crippen MR) is 70.3 cm³/mol. The van der Waals surface area contributed by atoms with Crippen LogP contribution in [0.1, 0.15) is 23.0 Å². The van der Waals surface area contributed by atoms with E-state index in [0.717, 1.165) is 5.56 Å². The second-order valence-electron chi connectivity index (χ2n) is 3.69. The van der Waals surface area contributed by atoms with Crippen LogP contribution in [0, 0.1) is 0 Å². The molecule has 0 saturated carbocycles. The molecule has 19 heavy (non-hydrogen) atoms. The number of pyridine rings is 1. The van der Waals surface area contributed by atoms with Crippen molar-refractivity contribution in [2.24, 2.45) is 0 Å². The molecule has 0 bridgehead atoms. The predicted octanol–water partition coefficient (Wildman–Crippen LogP) is 2.66. The summed E-state index contributed by atoms with van der Waals surface area (Å²) in [4.78, 5) is 15.9. The molecule has 0 atom stereocenters. The van der Waals surface area contributed by atoms with Crippen LogP contribution in [0.2, 0.25) is 5.22 Å². The quantitative estimate of drug-likeness (QED) is 0.914. The number of hydrogen-bond donors (Lipinski definition) is 1. The Morgan fingerprint density at radius 2 is 2.32 bits per heavy atom. The second-order valence-corrected chi connectivity index (χ2v) is 4.06. The van der Waals surface area contributed by atoms with Crippen molar-refractivity contribution in [1.82, 2.24) is 10.3 Å². The fourth-order valence-electron chi connectivity index (χ4n) is 1.52. The van der Waals surface area contributed by atoms with Crippen molar-refractivity contribution in [1.29, 1.82) is 0 Å². The van der Waals surface area contributed by atoms with Crippen LogP contribution in [0.4, 0.5) is 0 Å². The summed E-state index contributed by atoms with van der Waals surface area (Å²) >= 11 is 5.61. The smallest absolute Gasteiger partial charge is 0.287 e. The van der Waals surface area contributed by atoms with Crippen molar-refractivity contribution in [3.8, 4) is 5.88 Å². The molecule has 0 radical (unpaired) electrons. The van der Waals surface area contributed by atoms with Gasteiger partial charge in [-0.3, -0.25) is 4.79 Å². The zero-order valence-corrected chi connectivity index (χ0v) is 11.1.